The second-order valence-electron chi connectivity index (χ2n) is 9.35. The van der Waals surface area contributed by atoms with Crippen molar-refractivity contribution in [2.45, 2.75) is 44.6 Å². The van der Waals surface area contributed by atoms with E-state index >= 15 is 0 Å². The van der Waals surface area contributed by atoms with Crippen molar-refractivity contribution < 1.29 is 13.9 Å². The van der Waals surface area contributed by atoms with Crippen LogP contribution >= 0.6 is 22.9 Å². The van der Waals surface area contributed by atoms with Gasteiger partial charge < -0.3 is 17.6 Å². The molecular formula is C30H37FIN3O2. The summed E-state index contributed by atoms with van der Waals surface area (Å²) < 4.78 is 22.1. The lowest BCUT2D eigenvalue weighted by Gasteiger charge is -2.50. The lowest BCUT2D eigenvalue weighted by molar-refractivity contribution is 0.0617. The second-order valence-corrected chi connectivity index (χ2v) is 10.3. The van der Waals surface area contributed by atoms with Gasteiger partial charge in [0.2, 0.25) is 0 Å². The smallest absolute Gasteiger partial charge is 0.253 e. The van der Waals surface area contributed by atoms with Crippen LogP contribution in [-0.2, 0) is 11.2 Å². The molecule has 2 aliphatic heterocycles. The van der Waals surface area contributed by atoms with Gasteiger partial charge in [0.15, 0.2) is 0 Å². The number of hydrogen-bond acceptors (Lipinski definition) is 4. The average molecular weight is 618 g/mol. The van der Waals surface area contributed by atoms with Crippen LogP contribution in [0.1, 0.15) is 48.5 Å². The number of piperidine rings is 1. The van der Waals surface area contributed by atoms with Gasteiger partial charge in [-0.1, -0.05) is 24.8 Å². The Bertz CT molecular complexity index is 1130. The SMILES string of the molecule is C=C/C=C1\N(C)/C=C/CC=C(OC)/C=C(\C)N(I)C12CCN(C(=O)c1ccc(F)c(CCC=C)c1)CC2. The molecule has 0 N–H and O–H groups in total. The summed E-state index contributed by atoms with van der Waals surface area (Å²) in [6.07, 6.45) is 17.3. The minimum Gasteiger partial charge on any atom is -0.497 e. The van der Waals surface area contributed by atoms with E-state index in [-0.39, 0.29) is 17.3 Å². The van der Waals surface area contributed by atoms with E-state index in [0.29, 0.717) is 37.1 Å². The summed E-state index contributed by atoms with van der Waals surface area (Å²) in [6, 6.07) is 4.68. The van der Waals surface area contributed by atoms with Crippen molar-refractivity contribution in [1.29, 1.82) is 0 Å². The summed E-state index contributed by atoms with van der Waals surface area (Å²) in [5, 5.41) is 0. The summed E-state index contributed by atoms with van der Waals surface area (Å²) in [7, 11) is 3.74. The molecule has 1 saturated heterocycles. The molecular weight excluding hydrogens is 580 g/mol. The number of ether oxygens (including phenoxy) is 1. The van der Waals surface area contributed by atoms with Crippen LogP contribution in [-0.4, -0.2) is 51.6 Å². The zero-order valence-corrected chi connectivity index (χ0v) is 24.2. The van der Waals surface area contributed by atoms with Gasteiger partial charge in [0.25, 0.3) is 5.91 Å². The van der Waals surface area contributed by atoms with Gasteiger partial charge in [-0.25, -0.2) is 4.39 Å². The van der Waals surface area contributed by atoms with Gasteiger partial charge in [-0.05, 0) is 87.2 Å². The van der Waals surface area contributed by atoms with Crippen LogP contribution < -0.4 is 0 Å². The third-order valence-corrected chi connectivity index (χ3v) is 8.66. The molecule has 0 saturated carbocycles. The standard InChI is InChI=1S/C30H37FIN3O2/c1-6-8-12-24-22-25(14-15-27(24)31)29(36)34-19-16-30(17-20-34)28(11-7-2)33(4)18-10-9-13-26(37-5)21-23(3)35(30)32/h6-7,10-11,13-15,18,21-22H,1-2,8-9,12,16-17,19-20H2,3-5H3/b18-10+,23-21+,26-13?,28-11-. The molecule has 2 heterocycles. The number of amides is 1. The summed E-state index contributed by atoms with van der Waals surface area (Å²) in [5.74, 6) is 0.468. The Labute approximate surface area is 234 Å². The molecule has 1 aromatic rings. The topological polar surface area (TPSA) is 36.0 Å². The molecule has 7 heteroatoms. The fourth-order valence-electron chi connectivity index (χ4n) is 4.97. The third kappa shape index (κ3) is 6.55. The Balaban J connectivity index is 1.93. The van der Waals surface area contributed by atoms with Gasteiger partial charge in [0.05, 0.1) is 35.5 Å². The minimum atomic E-state index is -0.369. The van der Waals surface area contributed by atoms with Crippen molar-refractivity contribution in [3.63, 3.8) is 0 Å². The number of hydrogen-bond donors (Lipinski definition) is 0. The molecule has 0 aliphatic carbocycles. The molecule has 1 amide bonds. The van der Waals surface area contributed by atoms with Crippen LogP contribution in [0.15, 0.2) is 91.2 Å². The molecule has 1 aromatic carbocycles. The molecule has 1 spiro atoms. The van der Waals surface area contributed by atoms with Crippen molar-refractivity contribution in [2.75, 3.05) is 27.2 Å². The van der Waals surface area contributed by atoms with E-state index in [2.05, 4.69) is 88.5 Å². The highest BCUT2D eigenvalue weighted by Gasteiger charge is 2.45. The number of nitrogens with zero attached hydrogens (tertiary/aromatic N) is 3. The van der Waals surface area contributed by atoms with Crippen LogP contribution in [0.3, 0.4) is 0 Å². The maximum atomic E-state index is 14.3. The average Bonchev–Trinajstić information content (AvgIpc) is 2.92. The lowest BCUT2D eigenvalue weighted by Crippen LogP contribution is -2.55. The van der Waals surface area contributed by atoms with Crippen molar-refractivity contribution >= 4 is 28.8 Å². The fraction of sp³-hybridized carbons (Fsp3) is 0.367. The van der Waals surface area contributed by atoms with E-state index in [1.165, 1.54) is 6.07 Å². The van der Waals surface area contributed by atoms with Gasteiger partial charge in [0, 0.05) is 37.1 Å². The minimum absolute atomic E-state index is 0.0641. The van der Waals surface area contributed by atoms with E-state index in [4.69, 9.17) is 4.74 Å². The molecule has 5 nitrogen and oxygen atoms in total. The molecule has 2 aliphatic rings. The number of halogens is 2. The van der Waals surface area contributed by atoms with Crippen molar-refractivity contribution in [3.8, 4) is 0 Å². The van der Waals surface area contributed by atoms with E-state index in [1.54, 1.807) is 25.3 Å². The summed E-state index contributed by atoms with van der Waals surface area (Å²) in [4.78, 5) is 17.5. The van der Waals surface area contributed by atoms with Crippen molar-refractivity contribution in [2.24, 2.45) is 0 Å². The second kappa shape index (κ2) is 13.1. The van der Waals surface area contributed by atoms with E-state index in [9.17, 15) is 9.18 Å². The Hall–Kier alpha value is -2.81. The summed E-state index contributed by atoms with van der Waals surface area (Å²) >= 11 is 2.39. The highest BCUT2D eigenvalue weighted by atomic mass is 127. The largest absolute Gasteiger partial charge is 0.497 e. The monoisotopic (exact) mass is 617 g/mol. The first-order chi connectivity index (χ1) is 17.8. The maximum Gasteiger partial charge on any atom is 0.253 e. The molecule has 0 aromatic heterocycles. The summed E-state index contributed by atoms with van der Waals surface area (Å²) in [5.41, 5.74) is 2.88. The quantitative estimate of drug-likeness (QED) is 0.197. The van der Waals surface area contributed by atoms with Gasteiger partial charge in [-0.15, -0.1) is 6.58 Å². The lowest BCUT2D eigenvalue weighted by atomic mass is 9.82. The Morgan fingerprint density at radius 2 is 2.00 bits per heavy atom. The van der Waals surface area contributed by atoms with Gasteiger partial charge in [-0.2, -0.15) is 0 Å². The number of methoxy groups -OCH3 is 1. The molecule has 1 fully saturated rings. The highest BCUT2D eigenvalue weighted by molar-refractivity contribution is 14.1. The van der Waals surface area contributed by atoms with E-state index in [1.807, 2.05) is 11.0 Å². The van der Waals surface area contributed by atoms with Crippen molar-refractivity contribution in [3.05, 3.63) is 108 Å². The van der Waals surface area contributed by atoms with Crippen LogP contribution in [0.5, 0.6) is 0 Å². The molecule has 3 rings (SSSR count). The number of carbonyl (C=O) groups is 1. The zero-order valence-electron chi connectivity index (χ0n) is 22.1. The predicted octanol–water partition coefficient (Wildman–Crippen LogP) is 6.92. The maximum absolute atomic E-state index is 14.3. The molecule has 0 bridgehead atoms. The van der Waals surface area contributed by atoms with Crippen molar-refractivity contribution in [1.82, 2.24) is 12.9 Å². The number of allylic oxidation sites excluding steroid dienone is 7. The van der Waals surface area contributed by atoms with Crippen LogP contribution in [0, 0.1) is 5.82 Å². The Morgan fingerprint density at radius 3 is 2.65 bits per heavy atom. The van der Waals surface area contributed by atoms with Crippen LogP contribution in [0.25, 0.3) is 0 Å². The highest BCUT2D eigenvalue weighted by Crippen LogP contribution is 2.42. The molecule has 0 radical (unpaired) electrons. The molecule has 0 unspecified atom stereocenters. The number of likely N-dealkylation sites (tertiary alicyclic amines) is 1. The van der Waals surface area contributed by atoms with Gasteiger partial charge in [0.1, 0.15) is 11.6 Å². The molecule has 37 heavy (non-hydrogen) atoms. The first kappa shape index (κ1) is 28.8. The Kier molecular flexibility index (Phi) is 10.2. The Morgan fingerprint density at radius 1 is 1.27 bits per heavy atom. The number of likely N-dealkylation sites (N-methyl/N-ethyl adjacent to an activating group) is 1. The first-order valence-corrected chi connectivity index (χ1v) is 13.5. The molecule has 0 atom stereocenters. The summed E-state index contributed by atoms with van der Waals surface area (Å²) in [6.45, 7) is 10.9. The van der Waals surface area contributed by atoms with Gasteiger partial charge in [-0.3, -0.25) is 4.79 Å². The number of rotatable bonds is 6. The number of carbonyl (C=O) groups excluding carboxylic acids is 1. The van der Waals surface area contributed by atoms with Crippen LogP contribution in [0.4, 0.5) is 4.39 Å². The van der Waals surface area contributed by atoms with Crippen LogP contribution in [0.2, 0.25) is 0 Å². The fourth-order valence-corrected chi connectivity index (χ4v) is 5.84. The number of aryl methyl sites for hydroxylation is 1. The predicted molar refractivity (Wildman–Crippen MR) is 157 cm³/mol. The zero-order chi connectivity index (χ0) is 27.0. The normalized spacial score (nSPS) is 21.5. The molecule has 198 valence electrons. The third-order valence-electron chi connectivity index (χ3n) is 6.98. The van der Waals surface area contributed by atoms with E-state index < -0.39 is 0 Å². The van der Waals surface area contributed by atoms with E-state index in [0.717, 1.165) is 36.4 Å². The first-order valence-electron chi connectivity index (χ1n) is 12.6. The van der Waals surface area contributed by atoms with Gasteiger partial charge >= 0.3 is 0 Å². The number of benzene rings is 1.